The first-order valence-corrected chi connectivity index (χ1v) is 25.1. The van der Waals surface area contributed by atoms with Gasteiger partial charge in [-0.3, -0.25) is 13.7 Å². The molecule has 0 atom stereocenters. The number of imidazole rings is 2. The van der Waals surface area contributed by atoms with Crippen LogP contribution in [-0.4, -0.2) is 14.1 Å². The van der Waals surface area contributed by atoms with Crippen molar-refractivity contribution in [3.05, 3.63) is 248 Å². The fourth-order valence-electron chi connectivity index (χ4n) is 10.4. The summed E-state index contributed by atoms with van der Waals surface area (Å²) in [5.41, 5.74) is 12.5. The molecule has 3 aromatic heterocycles. The Morgan fingerprint density at radius 2 is 1.09 bits per heavy atom. The molecule has 0 aliphatic carbocycles. The summed E-state index contributed by atoms with van der Waals surface area (Å²) in [6, 6.07) is 51.2. The van der Waals surface area contributed by atoms with Crippen molar-refractivity contribution < 1.29 is 22.7 Å². The summed E-state index contributed by atoms with van der Waals surface area (Å²) >= 11 is 0. The van der Waals surface area contributed by atoms with Gasteiger partial charge in [0.15, 0.2) is 0 Å². The number of benzene rings is 10. The highest BCUT2D eigenvalue weighted by atomic mass is 16.3. The van der Waals surface area contributed by atoms with Crippen LogP contribution in [0.15, 0.2) is 235 Å². The van der Waals surface area contributed by atoms with E-state index in [2.05, 4.69) is 149 Å². The minimum absolute atomic E-state index is 0.133. The van der Waals surface area contributed by atoms with Crippen LogP contribution in [0.1, 0.15) is 66.4 Å². The van der Waals surface area contributed by atoms with Gasteiger partial charge in [0.25, 0.3) is 6.33 Å². The number of para-hydroxylation sites is 5. The lowest BCUT2D eigenvalue weighted by Crippen LogP contribution is -2.31. The van der Waals surface area contributed by atoms with Gasteiger partial charge in [-0.05, 0) is 97.8 Å². The quantitative estimate of drug-likeness (QED) is 0.112. The third kappa shape index (κ3) is 7.95. The SMILES string of the molecule is [2H]c1c([2H])c([2H])c(-c2cccc(-c3c([2H])c([2H])c([2H])c([2H])c3[2H])c2-[n+]2[c-]n(-c3cc(-c4cccc5c4nc(-c4cccc(C(C)(C)C)c4)n5-c4ccc(C(C)(C)C)cc4-c4ccccc4)cc4c3oc3ccccc34)c3ccccc32)c([2H])c1[2H]. The molecule has 0 aliphatic heterocycles. The molecule has 0 aliphatic rings. The lowest BCUT2D eigenvalue weighted by atomic mass is 9.85. The molecule has 0 N–H and O–H groups in total. The number of rotatable bonds is 8. The van der Waals surface area contributed by atoms with Crippen molar-refractivity contribution in [3.63, 3.8) is 0 Å². The van der Waals surface area contributed by atoms with E-state index in [9.17, 15) is 5.48 Å². The van der Waals surface area contributed by atoms with Gasteiger partial charge in [0.2, 0.25) is 0 Å². The molecule has 0 unspecified atom stereocenters. The molecule has 0 bridgehead atoms. The van der Waals surface area contributed by atoms with E-state index < -0.39 is 60.4 Å². The van der Waals surface area contributed by atoms with E-state index in [-0.39, 0.29) is 38.8 Å². The largest absolute Gasteiger partial charge is 0.460 e. The molecule has 3 heterocycles. The molecule has 5 heteroatoms. The average molecular weight is 979 g/mol. The van der Waals surface area contributed by atoms with E-state index in [4.69, 9.17) is 17.6 Å². The van der Waals surface area contributed by atoms with Crippen molar-refractivity contribution >= 4 is 44.0 Å². The van der Waals surface area contributed by atoms with E-state index in [1.54, 1.807) is 22.8 Å². The maximum absolute atomic E-state index is 9.25. The zero-order valence-electron chi connectivity index (χ0n) is 52.4. The fraction of sp³-hybridized carbons (Fsp3) is 0.114. The first kappa shape index (κ1) is 36.0. The summed E-state index contributed by atoms with van der Waals surface area (Å²) in [6.07, 6.45) is 3.61. The van der Waals surface area contributed by atoms with Gasteiger partial charge in [-0.15, -0.1) is 0 Å². The fourth-order valence-corrected chi connectivity index (χ4v) is 10.4. The molecule has 0 saturated carbocycles. The van der Waals surface area contributed by atoms with Crippen molar-refractivity contribution in [3.8, 4) is 73.0 Å². The topological polar surface area (TPSA) is 39.8 Å². The maximum atomic E-state index is 9.25. The Labute approximate surface area is 452 Å². The Morgan fingerprint density at radius 1 is 0.480 bits per heavy atom. The van der Waals surface area contributed by atoms with Crippen LogP contribution in [0.3, 0.4) is 0 Å². The second kappa shape index (κ2) is 17.9. The highest BCUT2D eigenvalue weighted by Crippen LogP contribution is 2.44. The van der Waals surface area contributed by atoms with E-state index in [1.165, 1.54) is 11.1 Å². The van der Waals surface area contributed by atoms with Gasteiger partial charge in [0, 0.05) is 27.5 Å². The van der Waals surface area contributed by atoms with E-state index in [1.807, 2.05) is 59.2 Å². The number of aromatic nitrogens is 4. The van der Waals surface area contributed by atoms with Crippen LogP contribution in [0.25, 0.3) is 117 Å². The zero-order chi connectivity index (χ0) is 59.7. The Hall–Kier alpha value is -9.06. The molecule has 0 radical (unpaired) electrons. The molecular formula is C70H56N4O. The second-order valence-electron chi connectivity index (χ2n) is 21.1. The Balaban J connectivity index is 1.12. The number of hydrogen-bond donors (Lipinski definition) is 0. The minimum Gasteiger partial charge on any atom is -0.460 e. The van der Waals surface area contributed by atoms with E-state index in [0.717, 1.165) is 61.1 Å². The summed E-state index contributed by atoms with van der Waals surface area (Å²) in [6.45, 7) is 13.3. The second-order valence-corrected chi connectivity index (χ2v) is 21.1. The van der Waals surface area contributed by atoms with Gasteiger partial charge in [-0.25, -0.2) is 4.98 Å². The monoisotopic (exact) mass is 979 g/mol. The standard InChI is InChI=1S/C70H56N4O/c1-69(2,3)51-30-20-29-49(41-51)68-71-65-53(32-22-37-62(65)74(68)59-40-39-52(70(4,5)6)44-57(59)48-27-14-9-15-28-48)50-42-58-56-31-16-19-38-64(56)75-67(58)63(43-50)72-45-73(61-36-18-17-35-60(61)72)66-54(46-23-10-7-11-24-46)33-21-34-55(66)47-25-12-8-13-26-47/h7-44H,1-6H3/i7D,8D,10D,11D,12D,13D,23D,24D,25D,26D. The molecular weight excluding hydrogens is 913 g/mol. The van der Waals surface area contributed by atoms with Gasteiger partial charge in [-0.1, -0.05) is 229 Å². The lowest BCUT2D eigenvalue weighted by Gasteiger charge is -2.23. The molecule has 13 rings (SSSR count). The van der Waals surface area contributed by atoms with Crippen LogP contribution in [0.4, 0.5) is 0 Å². The van der Waals surface area contributed by atoms with Crippen molar-refractivity contribution in [1.29, 1.82) is 0 Å². The van der Waals surface area contributed by atoms with Crippen LogP contribution in [0.2, 0.25) is 0 Å². The summed E-state index contributed by atoms with van der Waals surface area (Å²) in [4.78, 5) is 5.71. The molecule has 0 spiro atoms. The third-order valence-corrected chi connectivity index (χ3v) is 14.2. The smallest absolute Gasteiger partial charge is 0.270 e. The summed E-state index contributed by atoms with van der Waals surface area (Å²) < 4.78 is 102. The van der Waals surface area contributed by atoms with Crippen molar-refractivity contribution in [2.45, 2.75) is 52.4 Å². The van der Waals surface area contributed by atoms with Crippen molar-refractivity contribution in [2.75, 3.05) is 0 Å². The summed E-state index contributed by atoms with van der Waals surface area (Å²) in [5, 5.41) is 1.67. The van der Waals surface area contributed by atoms with Crippen LogP contribution >= 0.6 is 0 Å². The van der Waals surface area contributed by atoms with E-state index >= 15 is 0 Å². The van der Waals surface area contributed by atoms with Crippen molar-refractivity contribution in [1.82, 2.24) is 14.1 Å². The summed E-state index contributed by atoms with van der Waals surface area (Å²) in [7, 11) is 0. The average Bonchev–Trinajstić information content (AvgIpc) is 2.16. The van der Waals surface area contributed by atoms with Crippen molar-refractivity contribution in [2.24, 2.45) is 0 Å². The van der Waals surface area contributed by atoms with Crippen LogP contribution in [0.5, 0.6) is 0 Å². The minimum atomic E-state index is -0.576. The molecule has 75 heavy (non-hydrogen) atoms. The molecule has 0 saturated heterocycles. The molecule has 10 aromatic carbocycles. The number of nitrogens with zero attached hydrogens (tertiary/aromatic N) is 4. The molecule has 362 valence electrons. The molecule has 0 amide bonds. The molecule has 5 nitrogen and oxygen atoms in total. The van der Waals surface area contributed by atoms with Crippen LogP contribution in [0, 0.1) is 6.33 Å². The first-order chi connectivity index (χ1) is 40.6. The third-order valence-electron chi connectivity index (χ3n) is 14.2. The lowest BCUT2D eigenvalue weighted by molar-refractivity contribution is -0.571. The van der Waals surface area contributed by atoms with Gasteiger partial charge >= 0.3 is 0 Å². The van der Waals surface area contributed by atoms with Crippen LogP contribution in [-0.2, 0) is 10.8 Å². The van der Waals surface area contributed by atoms with Gasteiger partial charge < -0.3 is 4.42 Å². The highest BCUT2D eigenvalue weighted by molar-refractivity contribution is 6.11. The first-order valence-electron chi connectivity index (χ1n) is 30.1. The number of furan rings is 1. The molecule has 0 fully saturated rings. The maximum Gasteiger partial charge on any atom is 0.270 e. The number of fused-ring (bicyclic) bond motifs is 5. The predicted molar refractivity (Wildman–Crippen MR) is 310 cm³/mol. The number of hydrogen-bond acceptors (Lipinski definition) is 2. The van der Waals surface area contributed by atoms with Gasteiger partial charge in [-0.2, -0.15) is 0 Å². The normalized spacial score (nSPS) is 14.0. The summed E-state index contributed by atoms with van der Waals surface area (Å²) in [5.74, 6) is 0.766. The van der Waals surface area contributed by atoms with Gasteiger partial charge in [0.1, 0.15) is 22.7 Å². The molecule has 13 aromatic rings. The van der Waals surface area contributed by atoms with Gasteiger partial charge in [0.05, 0.1) is 47.1 Å². The van der Waals surface area contributed by atoms with Crippen LogP contribution < -0.4 is 4.57 Å². The predicted octanol–water partition coefficient (Wildman–Crippen LogP) is 17.9. The van der Waals surface area contributed by atoms with E-state index in [0.29, 0.717) is 27.9 Å². The highest BCUT2D eigenvalue weighted by Gasteiger charge is 2.27. The zero-order valence-corrected chi connectivity index (χ0v) is 42.4. The Kier molecular flexibility index (Phi) is 8.56. The Morgan fingerprint density at radius 3 is 1.83 bits per heavy atom. The Bertz CT molecular complexity index is 4780.